The Labute approximate surface area is 167 Å². The summed E-state index contributed by atoms with van der Waals surface area (Å²) < 4.78 is 5.24. The average molecular weight is 390 g/mol. The first-order valence-corrected chi connectivity index (χ1v) is 9.66. The number of hydrogen-bond acceptors (Lipinski definition) is 5. The second-order valence-corrected chi connectivity index (χ2v) is 7.42. The summed E-state index contributed by atoms with van der Waals surface area (Å²) in [6.07, 6.45) is 0. The number of fused-ring (bicyclic) bond motifs is 1. The van der Waals surface area contributed by atoms with Crippen molar-refractivity contribution in [1.82, 2.24) is 0 Å². The summed E-state index contributed by atoms with van der Waals surface area (Å²) >= 11 is 1.48. The van der Waals surface area contributed by atoms with Crippen molar-refractivity contribution in [2.75, 3.05) is 12.4 Å². The lowest BCUT2D eigenvalue weighted by Gasteiger charge is -2.15. The largest absolute Gasteiger partial charge is 0.497 e. The van der Waals surface area contributed by atoms with Crippen LogP contribution in [0.1, 0.15) is 16.4 Å². The molecule has 0 amide bonds. The van der Waals surface area contributed by atoms with Gasteiger partial charge in [0.15, 0.2) is 0 Å². The minimum Gasteiger partial charge on any atom is -0.497 e. The van der Waals surface area contributed by atoms with Gasteiger partial charge in [0.2, 0.25) is 0 Å². The van der Waals surface area contributed by atoms with Crippen LogP contribution in [0.25, 0.3) is 5.70 Å². The van der Waals surface area contributed by atoms with Crippen LogP contribution in [0.4, 0.5) is 5.69 Å². The molecule has 1 heterocycles. The summed E-state index contributed by atoms with van der Waals surface area (Å²) in [4.78, 5) is 12.9. The molecule has 0 radical (unpaired) electrons. The van der Waals surface area contributed by atoms with Crippen molar-refractivity contribution in [2.45, 2.75) is 10.1 Å². The first-order valence-electron chi connectivity index (χ1n) is 8.78. The van der Waals surface area contributed by atoms with Crippen LogP contribution in [-0.4, -0.2) is 12.0 Å². The van der Waals surface area contributed by atoms with Gasteiger partial charge in [0.05, 0.1) is 17.7 Å². The van der Waals surface area contributed by atoms with E-state index in [2.05, 4.69) is 5.32 Å². The summed E-state index contributed by atoms with van der Waals surface area (Å²) in [6, 6.07) is 24.7. The van der Waals surface area contributed by atoms with Gasteiger partial charge in [-0.3, -0.25) is 10.1 Å². The quantitative estimate of drug-likeness (QED) is 0.464. The molecule has 0 aromatic heterocycles. The normalized spacial score (nSPS) is 16.0. The van der Waals surface area contributed by atoms with E-state index < -0.39 is 5.25 Å². The van der Waals surface area contributed by atoms with Crippen molar-refractivity contribution >= 4 is 23.1 Å². The van der Waals surface area contributed by atoms with E-state index in [1.54, 1.807) is 7.11 Å². The molecule has 0 spiro atoms. The van der Waals surface area contributed by atoms with Crippen LogP contribution in [0.3, 0.4) is 0 Å². The molecule has 0 aliphatic carbocycles. The van der Waals surface area contributed by atoms with Gasteiger partial charge in [-0.05, 0) is 29.8 Å². The summed E-state index contributed by atoms with van der Waals surface area (Å²) in [5.41, 5.74) is 3.15. The fourth-order valence-corrected chi connectivity index (χ4v) is 4.47. The van der Waals surface area contributed by atoms with Gasteiger partial charge in [0.25, 0.3) is 5.70 Å². The minimum absolute atomic E-state index is 0.137. The third-order valence-electron chi connectivity index (χ3n) is 4.57. The molecule has 1 atom stereocenters. The molecule has 4 rings (SSSR count). The van der Waals surface area contributed by atoms with Crippen LogP contribution in [0, 0.1) is 10.1 Å². The van der Waals surface area contributed by atoms with E-state index in [1.165, 1.54) is 11.8 Å². The van der Waals surface area contributed by atoms with E-state index in [1.807, 2.05) is 78.9 Å². The lowest BCUT2D eigenvalue weighted by Crippen LogP contribution is -2.13. The van der Waals surface area contributed by atoms with Crippen molar-refractivity contribution in [3.8, 4) is 5.75 Å². The van der Waals surface area contributed by atoms with E-state index in [9.17, 15) is 10.1 Å². The number of thioether (sulfide) groups is 1. The Hall–Kier alpha value is -3.25. The smallest absolute Gasteiger partial charge is 0.287 e. The van der Waals surface area contributed by atoms with Crippen LogP contribution in [0.15, 0.2) is 89.5 Å². The zero-order chi connectivity index (χ0) is 19.5. The molecule has 3 aromatic carbocycles. The zero-order valence-electron chi connectivity index (χ0n) is 15.2. The highest BCUT2D eigenvalue weighted by Gasteiger charge is 2.35. The predicted octanol–water partition coefficient (Wildman–Crippen LogP) is 5.60. The summed E-state index contributed by atoms with van der Waals surface area (Å²) in [5.74, 6) is 0.718. The van der Waals surface area contributed by atoms with E-state index in [0.717, 1.165) is 27.5 Å². The maximum atomic E-state index is 12.2. The van der Waals surface area contributed by atoms with E-state index >= 15 is 0 Å². The molecule has 1 unspecified atom stereocenters. The molecule has 0 bridgehead atoms. The number of rotatable bonds is 4. The number of hydrogen-bond donors (Lipinski definition) is 1. The number of nitrogens with one attached hydrogen (secondary N) is 1. The van der Waals surface area contributed by atoms with Crippen LogP contribution < -0.4 is 10.1 Å². The third kappa shape index (κ3) is 3.46. The average Bonchev–Trinajstić information content (AvgIpc) is 2.91. The van der Waals surface area contributed by atoms with E-state index in [-0.39, 0.29) is 10.6 Å². The second-order valence-electron chi connectivity index (χ2n) is 6.28. The SMILES string of the molecule is COc1ccc(C2Sc3ccccc3NC(c3ccccc3)=C2[N+](=O)[O-])cc1. The van der Waals surface area contributed by atoms with Crippen LogP contribution in [0.5, 0.6) is 5.75 Å². The monoisotopic (exact) mass is 390 g/mol. The maximum absolute atomic E-state index is 12.2. The van der Waals surface area contributed by atoms with Crippen LogP contribution in [-0.2, 0) is 0 Å². The van der Waals surface area contributed by atoms with Crippen LogP contribution in [0.2, 0.25) is 0 Å². The fourth-order valence-electron chi connectivity index (χ4n) is 3.20. The fraction of sp³-hybridized carbons (Fsp3) is 0.0909. The predicted molar refractivity (Wildman–Crippen MR) is 112 cm³/mol. The molecule has 1 aliphatic rings. The molecule has 28 heavy (non-hydrogen) atoms. The van der Waals surface area contributed by atoms with Crippen molar-refractivity contribution in [3.05, 3.63) is 106 Å². The summed E-state index contributed by atoms with van der Waals surface area (Å²) in [7, 11) is 1.60. The van der Waals surface area contributed by atoms with Gasteiger partial charge < -0.3 is 10.1 Å². The third-order valence-corrected chi connectivity index (χ3v) is 5.91. The van der Waals surface area contributed by atoms with Gasteiger partial charge in [0, 0.05) is 10.5 Å². The van der Waals surface area contributed by atoms with Gasteiger partial charge in [-0.1, -0.05) is 54.6 Å². The Morgan fingerprint density at radius 3 is 2.32 bits per heavy atom. The number of nitro groups is 1. The molecule has 6 heteroatoms. The van der Waals surface area contributed by atoms with Gasteiger partial charge in [0.1, 0.15) is 16.7 Å². The van der Waals surface area contributed by atoms with E-state index in [4.69, 9.17) is 4.74 Å². The Kier molecular flexibility index (Phi) is 5.04. The standard InChI is InChI=1S/C22H18N2O3S/c1-27-17-13-11-16(12-14-17)22-21(24(25)26)20(15-7-3-2-4-8-15)23-18-9-5-6-10-19(18)28-22/h2-14,22-23H,1H3. The number of nitrogens with zero attached hydrogens (tertiary/aromatic N) is 1. The van der Waals surface area contributed by atoms with Crippen molar-refractivity contribution in [1.29, 1.82) is 0 Å². The summed E-state index contributed by atoms with van der Waals surface area (Å²) in [6.45, 7) is 0. The molecular weight excluding hydrogens is 372 g/mol. The van der Waals surface area contributed by atoms with Gasteiger partial charge in [-0.25, -0.2) is 0 Å². The molecule has 1 N–H and O–H groups in total. The van der Waals surface area contributed by atoms with Crippen molar-refractivity contribution in [2.24, 2.45) is 0 Å². The van der Waals surface area contributed by atoms with Gasteiger partial charge >= 0.3 is 0 Å². The van der Waals surface area contributed by atoms with Gasteiger partial charge in [-0.15, -0.1) is 11.8 Å². The topological polar surface area (TPSA) is 64.4 Å². The number of methoxy groups -OCH3 is 1. The molecule has 140 valence electrons. The van der Waals surface area contributed by atoms with E-state index in [0.29, 0.717) is 5.70 Å². The minimum atomic E-state index is -0.465. The number of ether oxygens (including phenoxy) is 1. The second kappa shape index (κ2) is 7.78. The molecule has 1 aliphatic heterocycles. The number of benzene rings is 3. The maximum Gasteiger partial charge on any atom is 0.287 e. The molecule has 3 aromatic rings. The first kappa shape index (κ1) is 18.1. The number of para-hydroxylation sites is 1. The van der Waals surface area contributed by atoms with Crippen LogP contribution >= 0.6 is 11.8 Å². The van der Waals surface area contributed by atoms with Crippen molar-refractivity contribution in [3.63, 3.8) is 0 Å². The Morgan fingerprint density at radius 2 is 1.64 bits per heavy atom. The highest BCUT2D eigenvalue weighted by atomic mass is 32.2. The Bertz CT molecular complexity index is 1030. The van der Waals surface area contributed by atoms with Crippen molar-refractivity contribution < 1.29 is 9.66 Å². The lowest BCUT2D eigenvalue weighted by atomic mass is 10.0. The highest BCUT2D eigenvalue weighted by molar-refractivity contribution is 8.00. The first-order chi connectivity index (χ1) is 13.7. The molecule has 0 fully saturated rings. The Balaban J connectivity index is 1.93. The highest BCUT2D eigenvalue weighted by Crippen LogP contribution is 2.48. The molecule has 5 nitrogen and oxygen atoms in total. The summed E-state index contributed by atoms with van der Waals surface area (Å²) in [5, 5.41) is 15.1. The number of anilines is 1. The molecule has 0 saturated heterocycles. The molecule has 0 saturated carbocycles. The lowest BCUT2D eigenvalue weighted by molar-refractivity contribution is -0.426. The molecular formula is C22H18N2O3S. The zero-order valence-corrected chi connectivity index (χ0v) is 16.0. The van der Waals surface area contributed by atoms with Gasteiger partial charge in [-0.2, -0.15) is 0 Å². The Morgan fingerprint density at radius 1 is 0.964 bits per heavy atom.